The second kappa shape index (κ2) is 6.65. The van der Waals surface area contributed by atoms with Gasteiger partial charge in [-0.2, -0.15) is 5.10 Å². The fourth-order valence-corrected chi connectivity index (χ4v) is 1.82. The zero-order chi connectivity index (χ0) is 14.4. The van der Waals surface area contributed by atoms with Crippen molar-refractivity contribution in [2.45, 2.75) is 26.8 Å². The molecule has 0 bridgehead atoms. The standard InChI is InChI=1S/C15H18N4O/c1-3-5-12(2)15(20)17-11-13-6-8-16-14(10-13)19-9-4-7-18-19/h4-10H,3,11H2,1-2H3,(H,17,20). The van der Waals surface area contributed by atoms with E-state index in [0.717, 1.165) is 23.4 Å². The Balaban J connectivity index is 2.02. The molecule has 2 aromatic heterocycles. The number of carbonyl (C=O) groups is 1. The smallest absolute Gasteiger partial charge is 0.246 e. The average Bonchev–Trinajstić information content (AvgIpc) is 2.99. The van der Waals surface area contributed by atoms with Crippen LogP contribution in [-0.2, 0) is 11.3 Å². The third-order valence-electron chi connectivity index (χ3n) is 2.87. The van der Waals surface area contributed by atoms with Gasteiger partial charge >= 0.3 is 0 Å². The topological polar surface area (TPSA) is 59.8 Å². The van der Waals surface area contributed by atoms with Crippen molar-refractivity contribution in [3.8, 4) is 5.82 Å². The highest BCUT2D eigenvalue weighted by atomic mass is 16.1. The molecule has 0 atom stereocenters. The lowest BCUT2D eigenvalue weighted by Gasteiger charge is -2.07. The number of nitrogens with one attached hydrogen (secondary N) is 1. The van der Waals surface area contributed by atoms with Crippen LogP contribution in [0.3, 0.4) is 0 Å². The normalized spacial score (nSPS) is 11.4. The average molecular weight is 270 g/mol. The highest BCUT2D eigenvalue weighted by molar-refractivity contribution is 5.92. The molecule has 0 saturated carbocycles. The molecule has 104 valence electrons. The van der Waals surface area contributed by atoms with Crippen LogP contribution in [0.25, 0.3) is 5.82 Å². The van der Waals surface area contributed by atoms with Gasteiger partial charge in [-0.15, -0.1) is 0 Å². The van der Waals surface area contributed by atoms with Gasteiger partial charge in [0.05, 0.1) is 0 Å². The van der Waals surface area contributed by atoms with Crippen molar-refractivity contribution in [1.82, 2.24) is 20.1 Å². The molecule has 0 radical (unpaired) electrons. The Hall–Kier alpha value is -2.43. The van der Waals surface area contributed by atoms with Gasteiger partial charge in [-0.05, 0) is 37.1 Å². The molecule has 0 aliphatic carbocycles. The Labute approximate surface area is 118 Å². The Morgan fingerprint density at radius 2 is 2.30 bits per heavy atom. The van der Waals surface area contributed by atoms with Gasteiger partial charge in [-0.1, -0.05) is 13.0 Å². The quantitative estimate of drug-likeness (QED) is 0.848. The first-order chi connectivity index (χ1) is 9.70. The number of rotatable bonds is 5. The summed E-state index contributed by atoms with van der Waals surface area (Å²) >= 11 is 0. The SMILES string of the molecule is CCC=C(C)C(=O)NCc1ccnc(-n2cccn2)c1. The molecule has 0 fully saturated rings. The van der Waals surface area contributed by atoms with Gasteiger partial charge in [-0.25, -0.2) is 9.67 Å². The van der Waals surface area contributed by atoms with E-state index < -0.39 is 0 Å². The molecular weight excluding hydrogens is 252 g/mol. The molecular formula is C15H18N4O. The van der Waals surface area contributed by atoms with Crippen LogP contribution in [0.1, 0.15) is 25.8 Å². The summed E-state index contributed by atoms with van der Waals surface area (Å²) in [6, 6.07) is 5.63. The molecule has 0 spiro atoms. The van der Waals surface area contributed by atoms with Crippen LogP contribution in [0.15, 0.2) is 48.4 Å². The van der Waals surface area contributed by atoms with Gasteiger partial charge in [0, 0.05) is 30.7 Å². The van der Waals surface area contributed by atoms with E-state index in [2.05, 4.69) is 15.4 Å². The largest absolute Gasteiger partial charge is 0.348 e. The Bertz CT molecular complexity index is 602. The predicted molar refractivity (Wildman–Crippen MR) is 77.3 cm³/mol. The lowest BCUT2D eigenvalue weighted by atomic mass is 10.2. The fraction of sp³-hybridized carbons (Fsp3) is 0.267. The Morgan fingerprint density at radius 1 is 1.45 bits per heavy atom. The summed E-state index contributed by atoms with van der Waals surface area (Å²) in [7, 11) is 0. The summed E-state index contributed by atoms with van der Waals surface area (Å²) < 4.78 is 1.69. The second-order valence-electron chi connectivity index (χ2n) is 4.45. The van der Waals surface area contributed by atoms with Crippen LogP contribution >= 0.6 is 0 Å². The van der Waals surface area contributed by atoms with E-state index in [1.165, 1.54) is 0 Å². The van der Waals surface area contributed by atoms with E-state index >= 15 is 0 Å². The molecule has 0 aromatic carbocycles. The number of amides is 1. The third-order valence-corrected chi connectivity index (χ3v) is 2.87. The molecule has 0 aliphatic rings. The van der Waals surface area contributed by atoms with Crippen molar-refractivity contribution in [3.63, 3.8) is 0 Å². The molecule has 2 heterocycles. The number of hydrogen-bond acceptors (Lipinski definition) is 3. The lowest BCUT2D eigenvalue weighted by Crippen LogP contribution is -2.23. The van der Waals surface area contributed by atoms with Crippen LogP contribution in [0.5, 0.6) is 0 Å². The van der Waals surface area contributed by atoms with Gasteiger partial charge in [0.15, 0.2) is 5.82 Å². The van der Waals surface area contributed by atoms with Crippen molar-refractivity contribution < 1.29 is 4.79 Å². The van der Waals surface area contributed by atoms with Gasteiger partial charge in [-0.3, -0.25) is 4.79 Å². The molecule has 2 rings (SSSR count). The minimum Gasteiger partial charge on any atom is -0.348 e. The summed E-state index contributed by atoms with van der Waals surface area (Å²) in [5.74, 6) is 0.701. The monoisotopic (exact) mass is 270 g/mol. The minimum atomic E-state index is -0.0377. The molecule has 2 aromatic rings. The molecule has 5 heteroatoms. The van der Waals surface area contributed by atoms with Crippen LogP contribution in [0.4, 0.5) is 0 Å². The van der Waals surface area contributed by atoms with E-state index in [9.17, 15) is 4.79 Å². The van der Waals surface area contributed by atoms with E-state index in [-0.39, 0.29) is 5.91 Å². The zero-order valence-electron chi connectivity index (χ0n) is 11.7. The van der Waals surface area contributed by atoms with E-state index in [4.69, 9.17) is 0 Å². The number of nitrogens with zero attached hydrogens (tertiary/aromatic N) is 3. The molecule has 0 saturated heterocycles. The molecule has 1 amide bonds. The van der Waals surface area contributed by atoms with Crippen molar-refractivity contribution in [3.05, 3.63) is 54.0 Å². The fourth-order valence-electron chi connectivity index (χ4n) is 1.82. The second-order valence-corrected chi connectivity index (χ2v) is 4.45. The lowest BCUT2D eigenvalue weighted by molar-refractivity contribution is -0.117. The Morgan fingerprint density at radius 3 is 3.00 bits per heavy atom. The third kappa shape index (κ3) is 3.54. The minimum absolute atomic E-state index is 0.0377. The van der Waals surface area contributed by atoms with Gasteiger partial charge in [0.1, 0.15) is 0 Å². The summed E-state index contributed by atoms with van der Waals surface area (Å²) in [6.45, 7) is 4.31. The van der Waals surface area contributed by atoms with Crippen molar-refractivity contribution in [2.24, 2.45) is 0 Å². The van der Waals surface area contributed by atoms with E-state index in [1.54, 1.807) is 17.1 Å². The maximum Gasteiger partial charge on any atom is 0.246 e. The van der Waals surface area contributed by atoms with Gasteiger partial charge < -0.3 is 5.32 Å². The first kappa shape index (κ1) is 14.0. The van der Waals surface area contributed by atoms with Crippen molar-refractivity contribution >= 4 is 5.91 Å². The number of pyridine rings is 1. The highest BCUT2D eigenvalue weighted by Crippen LogP contribution is 2.06. The molecule has 1 N–H and O–H groups in total. The van der Waals surface area contributed by atoms with Crippen LogP contribution in [0.2, 0.25) is 0 Å². The van der Waals surface area contributed by atoms with Crippen LogP contribution < -0.4 is 5.32 Å². The summed E-state index contributed by atoms with van der Waals surface area (Å²) in [5.41, 5.74) is 1.73. The van der Waals surface area contributed by atoms with Gasteiger partial charge in [0.2, 0.25) is 5.91 Å². The summed E-state index contributed by atoms with van der Waals surface area (Å²) in [5, 5.41) is 7.02. The molecule has 5 nitrogen and oxygen atoms in total. The summed E-state index contributed by atoms with van der Waals surface area (Å²) in [6.07, 6.45) is 8.02. The maximum absolute atomic E-state index is 11.8. The Kier molecular flexibility index (Phi) is 4.65. The zero-order valence-corrected chi connectivity index (χ0v) is 11.7. The van der Waals surface area contributed by atoms with Crippen LogP contribution in [-0.4, -0.2) is 20.7 Å². The molecule has 0 unspecified atom stereocenters. The number of carbonyl (C=O) groups excluding carboxylic acids is 1. The highest BCUT2D eigenvalue weighted by Gasteiger charge is 2.04. The van der Waals surface area contributed by atoms with Crippen LogP contribution in [0, 0.1) is 0 Å². The number of aromatic nitrogens is 3. The predicted octanol–water partition coefficient (Wildman–Crippen LogP) is 2.24. The molecule has 0 aliphatic heterocycles. The van der Waals surface area contributed by atoms with Gasteiger partial charge in [0.25, 0.3) is 0 Å². The van der Waals surface area contributed by atoms with E-state index in [1.807, 2.05) is 44.3 Å². The number of allylic oxidation sites excluding steroid dienone is 1. The molecule has 20 heavy (non-hydrogen) atoms. The van der Waals surface area contributed by atoms with Crippen molar-refractivity contribution in [2.75, 3.05) is 0 Å². The van der Waals surface area contributed by atoms with E-state index in [0.29, 0.717) is 6.54 Å². The first-order valence-corrected chi connectivity index (χ1v) is 6.60. The number of hydrogen-bond donors (Lipinski definition) is 1. The first-order valence-electron chi connectivity index (χ1n) is 6.60. The summed E-state index contributed by atoms with van der Waals surface area (Å²) in [4.78, 5) is 16.1. The maximum atomic E-state index is 11.8. The van der Waals surface area contributed by atoms with Crippen molar-refractivity contribution in [1.29, 1.82) is 0 Å².